The summed E-state index contributed by atoms with van der Waals surface area (Å²) >= 11 is 0. The van der Waals surface area contributed by atoms with Gasteiger partial charge in [0.15, 0.2) is 11.5 Å². The topological polar surface area (TPSA) is 40.5 Å². The van der Waals surface area contributed by atoms with Gasteiger partial charge in [0, 0.05) is 23.1 Å². The van der Waals surface area contributed by atoms with Gasteiger partial charge in [0.2, 0.25) is 0 Å². The number of fused-ring (bicyclic) bond motifs is 1. The lowest BCUT2D eigenvalue weighted by molar-refractivity contribution is -0.0884. The van der Waals surface area contributed by atoms with Gasteiger partial charge < -0.3 is 14.0 Å². The molecule has 0 atom stereocenters. The van der Waals surface area contributed by atoms with Gasteiger partial charge in [0.25, 0.3) is 5.78 Å². The zero-order valence-electron chi connectivity index (χ0n) is 15.5. The second-order valence-electron chi connectivity index (χ2n) is 6.31. The van der Waals surface area contributed by atoms with Gasteiger partial charge in [-0.1, -0.05) is 30.3 Å². The van der Waals surface area contributed by atoms with Crippen LogP contribution in [-0.4, -0.2) is 30.2 Å². The van der Waals surface area contributed by atoms with Crippen molar-refractivity contribution in [3.05, 3.63) is 59.8 Å². The molecular formula is C21H20F3NO3. The van der Waals surface area contributed by atoms with Crippen molar-refractivity contribution in [2.24, 2.45) is 0 Å². The highest BCUT2D eigenvalue weighted by molar-refractivity contribution is 6.12. The molecule has 0 bridgehead atoms. The molecule has 0 saturated carbocycles. The summed E-state index contributed by atoms with van der Waals surface area (Å²) in [4.78, 5) is 11.9. The van der Waals surface area contributed by atoms with Gasteiger partial charge in [-0.3, -0.25) is 4.79 Å². The summed E-state index contributed by atoms with van der Waals surface area (Å²) in [6.45, 7) is 2.32. The third-order valence-electron chi connectivity index (χ3n) is 4.57. The Morgan fingerprint density at radius 3 is 2.36 bits per heavy atom. The molecule has 0 fully saturated rings. The van der Waals surface area contributed by atoms with Gasteiger partial charge in [-0.25, -0.2) is 0 Å². The number of ether oxygens (including phenoxy) is 2. The molecule has 3 aromatic rings. The number of carbonyl (C=O) groups is 1. The first-order valence-electron chi connectivity index (χ1n) is 8.79. The number of rotatable bonds is 7. The van der Waals surface area contributed by atoms with E-state index < -0.39 is 12.0 Å². The van der Waals surface area contributed by atoms with Crippen LogP contribution in [0.3, 0.4) is 0 Å². The number of Topliss-reactive ketones (excluding diaryl/α,β-unsaturated/α-hetero) is 1. The molecule has 0 amide bonds. The average molecular weight is 391 g/mol. The van der Waals surface area contributed by atoms with Crippen molar-refractivity contribution in [3.8, 4) is 11.5 Å². The largest absolute Gasteiger partial charge is 0.493 e. The fourth-order valence-corrected chi connectivity index (χ4v) is 3.29. The van der Waals surface area contributed by atoms with Crippen LogP contribution in [0.4, 0.5) is 13.2 Å². The van der Waals surface area contributed by atoms with Crippen LogP contribution >= 0.6 is 0 Å². The Morgan fingerprint density at radius 1 is 1.04 bits per heavy atom. The van der Waals surface area contributed by atoms with Crippen molar-refractivity contribution in [2.45, 2.75) is 26.1 Å². The summed E-state index contributed by atoms with van der Waals surface area (Å²) in [5, 5.41) is 0.313. The molecular weight excluding hydrogens is 371 g/mol. The highest BCUT2D eigenvalue weighted by Crippen LogP contribution is 2.32. The van der Waals surface area contributed by atoms with E-state index in [2.05, 4.69) is 0 Å². The number of para-hydroxylation sites is 3. The van der Waals surface area contributed by atoms with Gasteiger partial charge in [0.1, 0.15) is 0 Å². The van der Waals surface area contributed by atoms with Crippen molar-refractivity contribution in [3.63, 3.8) is 0 Å². The Balaban J connectivity index is 1.80. The van der Waals surface area contributed by atoms with Crippen molar-refractivity contribution in [2.75, 3.05) is 13.7 Å². The lowest BCUT2D eigenvalue weighted by Crippen LogP contribution is -2.23. The number of benzene rings is 2. The van der Waals surface area contributed by atoms with Crippen molar-refractivity contribution < 1.29 is 27.4 Å². The smallest absolute Gasteiger partial charge is 0.454 e. The molecule has 0 N–H and O–H groups in total. The normalized spacial score (nSPS) is 11.6. The molecule has 7 heteroatoms. The van der Waals surface area contributed by atoms with Gasteiger partial charge in [-0.05, 0) is 31.5 Å². The van der Waals surface area contributed by atoms with Crippen molar-refractivity contribution in [1.29, 1.82) is 0 Å². The highest BCUT2D eigenvalue weighted by atomic mass is 19.4. The van der Waals surface area contributed by atoms with Crippen molar-refractivity contribution in [1.82, 2.24) is 4.57 Å². The van der Waals surface area contributed by atoms with Gasteiger partial charge in [-0.2, -0.15) is 13.2 Å². The van der Waals surface area contributed by atoms with E-state index in [1.807, 2.05) is 12.1 Å². The maximum Gasteiger partial charge on any atom is 0.454 e. The number of aryl methyl sites for hydroxylation is 1. The molecule has 0 radical (unpaired) electrons. The van der Waals surface area contributed by atoms with E-state index in [0.717, 1.165) is 0 Å². The molecule has 0 unspecified atom stereocenters. The first-order valence-corrected chi connectivity index (χ1v) is 8.79. The fraction of sp³-hybridized carbons (Fsp3) is 0.286. The third kappa shape index (κ3) is 3.83. The number of hydrogen-bond donors (Lipinski definition) is 0. The number of methoxy groups -OCH3 is 1. The molecule has 0 aliphatic heterocycles. The van der Waals surface area contributed by atoms with Gasteiger partial charge >= 0.3 is 6.18 Å². The zero-order valence-corrected chi connectivity index (χ0v) is 15.5. The molecule has 28 heavy (non-hydrogen) atoms. The van der Waals surface area contributed by atoms with Crippen LogP contribution in [0, 0.1) is 6.92 Å². The molecule has 0 saturated heterocycles. The number of alkyl halides is 3. The number of ketones is 1. The van der Waals surface area contributed by atoms with Gasteiger partial charge in [0.05, 0.1) is 19.3 Å². The first-order chi connectivity index (χ1) is 13.3. The van der Waals surface area contributed by atoms with Crippen LogP contribution in [-0.2, 0) is 6.54 Å². The van der Waals surface area contributed by atoms with Gasteiger partial charge in [-0.15, -0.1) is 0 Å². The maximum atomic E-state index is 13.0. The summed E-state index contributed by atoms with van der Waals surface area (Å²) in [7, 11) is 1.55. The summed E-state index contributed by atoms with van der Waals surface area (Å²) in [5.74, 6) is -0.597. The lowest BCUT2D eigenvalue weighted by Gasteiger charge is -2.12. The number of carbonyl (C=O) groups excluding carboxylic acids is 1. The molecule has 2 aromatic carbocycles. The molecule has 3 rings (SSSR count). The summed E-state index contributed by atoms with van der Waals surface area (Å²) in [6.07, 6.45) is -4.36. The SMILES string of the molecule is COc1ccccc1OCCCn1c(C)c(C(=O)C(F)(F)F)c2ccccc21. The van der Waals surface area contributed by atoms with E-state index >= 15 is 0 Å². The van der Waals surface area contributed by atoms with E-state index in [-0.39, 0.29) is 5.56 Å². The van der Waals surface area contributed by atoms with E-state index in [1.54, 1.807) is 55.0 Å². The second kappa shape index (κ2) is 7.96. The Morgan fingerprint density at radius 2 is 1.68 bits per heavy atom. The Kier molecular flexibility index (Phi) is 5.63. The predicted octanol–water partition coefficient (Wildman–Crippen LogP) is 5.17. The van der Waals surface area contributed by atoms with E-state index in [0.29, 0.717) is 47.7 Å². The number of nitrogens with zero attached hydrogens (tertiary/aromatic N) is 1. The van der Waals surface area contributed by atoms with E-state index in [4.69, 9.17) is 9.47 Å². The number of halogens is 3. The molecule has 1 aromatic heterocycles. The molecule has 1 heterocycles. The molecule has 148 valence electrons. The minimum absolute atomic E-state index is 0.284. The van der Waals surface area contributed by atoms with E-state index in [9.17, 15) is 18.0 Å². The summed E-state index contributed by atoms with van der Waals surface area (Å²) in [5.41, 5.74) is 0.624. The predicted molar refractivity (Wildman–Crippen MR) is 100 cm³/mol. The Labute approximate surface area is 160 Å². The monoisotopic (exact) mass is 391 g/mol. The van der Waals surface area contributed by atoms with Crippen molar-refractivity contribution >= 4 is 16.7 Å². The molecule has 0 aliphatic rings. The minimum Gasteiger partial charge on any atom is -0.493 e. The molecule has 0 spiro atoms. The first kappa shape index (κ1) is 19.8. The maximum absolute atomic E-state index is 13.0. The minimum atomic E-state index is -4.91. The summed E-state index contributed by atoms with van der Waals surface area (Å²) < 4.78 is 51.8. The van der Waals surface area contributed by atoms with Crippen LogP contribution < -0.4 is 9.47 Å². The second-order valence-corrected chi connectivity index (χ2v) is 6.31. The third-order valence-corrected chi connectivity index (χ3v) is 4.57. The standard InChI is InChI=1S/C21H20F3NO3/c1-14-19(20(26)21(22,23)24)15-8-3-4-9-16(15)25(14)12-7-13-28-18-11-6-5-10-17(18)27-2/h3-6,8-11H,7,12-13H2,1-2H3. The average Bonchev–Trinajstić information content (AvgIpc) is 2.95. The Hall–Kier alpha value is -2.96. The van der Waals surface area contributed by atoms with Crippen LogP contribution in [0.1, 0.15) is 22.5 Å². The summed E-state index contributed by atoms with van der Waals surface area (Å²) in [6, 6.07) is 13.9. The fourth-order valence-electron chi connectivity index (χ4n) is 3.29. The lowest BCUT2D eigenvalue weighted by atomic mass is 10.1. The zero-order chi connectivity index (χ0) is 20.3. The Bertz CT molecular complexity index is 992. The molecule has 4 nitrogen and oxygen atoms in total. The van der Waals surface area contributed by atoms with Crippen LogP contribution in [0.15, 0.2) is 48.5 Å². The quantitative estimate of drug-likeness (QED) is 0.412. The van der Waals surface area contributed by atoms with Crippen LogP contribution in [0.25, 0.3) is 10.9 Å². The van der Waals surface area contributed by atoms with E-state index in [1.165, 1.54) is 0 Å². The highest BCUT2D eigenvalue weighted by Gasteiger charge is 2.41. The number of hydrogen-bond acceptors (Lipinski definition) is 3. The molecule has 0 aliphatic carbocycles. The van der Waals surface area contributed by atoms with Crippen LogP contribution in [0.5, 0.6) is 11.5 Å². The number of aromatic nitrogens is 1. The van der Waals surface area contributed by atoms with Crippen LogP contribution in [0.2, 0.25) is 0 Å².